The Hall–Kier alpha value is -1.72. The lowest BCUT2D eigenvalue weighted by molar-refractivity contribution is 0.0688. The van der Waals surface area contributed by atoms with Crippen LogP contribution < -0.4 is 4.74 Å². The van der Waals surface area contributed by atoms with E-state index in [9.17, 15) is 4.79 Å². The fraction of sp³-hybridized carbons (Fsp3) is 0.231. The van der Waals surface area contributed by atoms with Crippen LogP contribution in [0.3, 0.4) is 0 Å². The van der Waals surface area contributed by atoms with E-state index >= 15 is 0 Å². The third-order valence-electron chi connectivity index (χ3n) is 2.68. The highest BCUT2D eigenvalue weighted by molar-refractivity contribution is 6.33. The van der Waals surface area contributed by atoms with Crippen molar-refractivity contribution in [3.8, 4) is 5.75 Å². The molecule has 0 radical (unpaired) electrons. The number of benzene rings is 1. The molecule has 0 saturated carbocycles. The van der Waals surface area contributed by atoms with Gasteiger partial charge in [-0.3, -0.25) is 0 Å². The molecule has 0 amide bonds. The molecule has 2 aromatic rings. The van der Waals surface area contributed by atoms with E-state index in [0.29, 0.717) is 10.8 Å². The summed E-state index contributed by atoms with van der Waals surface area (Å²) in [7, 11) is 0. The van der Waals surface area contributed by atoms with Crippen LogP contribution in [0.4, 0.5) is 0 Å². The SMILES string of the molecule is CCc1cc(OCn2cc(Cl)c(C(=O)O)n2)ccc1Cl. The van der Waals surface area contributed by atoms with Gasteiger partial charge in [0.2, 0.25) is 0 Å². The Labute approximate surface area is 125 Å². The van der Waals surface area contributed by atoms with Gasteiger partial charge in [-0.1, -0.05) is 30.1 Å². The number of ether oxygens (including phenoxy) is 1. The van der Waals surface area contributed by atoms with Gasteiger partial charge in [-0.15, -0.1) is 0 Å². The molecule has 0 fully saturated rings. The van der Waals surface area contributed by atoms with Crippen LogP contribution in [-0.2, 0) is 13.2 Å². The fourth-order valence-electron chi connectivity index (χ4n) is 1.66. The molecule has 0 aliphatic heterocycles. The van der Waals surface area contributed by atoms with E-state index in [1.165, 1.54) is 10.9 Å². The van der Waals surface area contributed by atoms with Gasteiger partial charge in [-0.05, 0) is 30.2 Å². The zero-order valence-corrected chi connectivity index (χ0v) is 12.1. The first-order valence-electron chi connectivity index (χ1n) is 5.88. The predicted octanol–water partition coefficient (Wildman–Crippen LogP) is 3.49. The predicted molar refractivity (Wildman–Crippen MR) is 75.7 cm³/mol. The molecule has 1 aromatic carbocycles. The molecule has 0 unspecified atom stereocenters. The van der Waals surface area contributed by atoms with Gasteiger partial charge < -0.3 is 9.84 Å². The second-order valence-corrected chi connectivity index (χ2v) is 4.86. The lowest BCUT2D eigenvalue weighted by atomic mass is 10.2. The fourth-order valence-corrected chi connectivity index (χ4v) is 2.14. The normalized spacial score (nSPS) is 10.6. The molecule has 0 aliphatic rings. The number of aryl methyl sites for hydroxylation is 1. The molecule has 106 valence electrons. The quantitative estimate of drug-likeness (QED) is 0.917. The van der Waals surface area contributed by atoms with Crippen LogP contribution in [0.25, 0.3) is 0 Å². The Morgan fingerprint density at radius 2 is 2.15 bits per heavy atom. The van der Waals surface area contributed by atoms with Crippen LogP contribution in [0.5, 0.6) is 5.75 Å². The standard InChI is InChI=1S/C13H12Cl2N2O3/c1-2-8-5-9(3-4-10(8)14)20-7-17-6-11(15)12(16-17)13(18)19/h3-6H,2,7H2,1H3,(H,18,19). The van der Waals surface area contributed by atoms with Crippen LogP contribution >= 0.6 is 23.2 Å². The number of carboxylic acids is 1. The molecule has 1 heterocycles. The Morgan fingerprint density at radius 3 is 2.75 bits per heavy atom. The number of carboxylic acid groups (broad SMARTS) is 1. The van der Waals surface area contributed by atoms with Crippen molar-refractivity contribution in [3.63, 3.8) is 0 Å². The second-order valence-electron chi connectivity index (χ2n) is 4.05. The summed E-state index contributed by atoms with van der Waals surface area (Å²) in [5.74, 6) is -0.539. The zero-order valence-electron chi connectivity index (χ0n) is 10.6. The van der Waals surface area contributed by atoms with Crippen molar-refractivity contribution in [2.45, 2.75) is 20.1 Å². The second kappa shape index (κ2) is 6.15. The first-order valence-corrected chi connectivity index (χ1v) is 6.64. The summed E-state index contributed by atoms with van der Waals surface area (Å²) in [6, 6.07) is 5.34. The highest BCUT2D eigenvalue weighted by Gasteiger charge is 2.14. The van der Waals surface area contributed by atoms with Crippen LogP contribution in [0, 0.1) is 0 Å². The number of carbonyl (C=O) groups is 1. The minimum atomic E-state index is -1.17. The molecule has 0 atom stereocenters. The molecule has 7 heteroatoms. The van der Waals surface area contributed by atoms with E-state index in [-0.39, 0.29) is 17.4 Å². The molecule has 20 heavy (non-hydrogen) atoms. The third-order valence-corrected chi connectivity index (χ3v) is 3.33. The van der Waals surface area contributed by atoms with Gasteiger partial charge >= 0.3 is 5.97 Å². The first-order chi connectivity index (χ1) is 9.51. The molecule has 5 nitrogen and oxygen atoms in total. The van der Waals surface area contributed by atoms with Gasteiger partial charge in [0, 0.05) is 11.2 Å². The van der Waals surface area contributed by atoms with Crippen molar-refractivity contribution < 1.29 is 14.6 Å². The van der Waals surface area contributed by atoms with E-state index in [1.54, 1.807) is 12.1 Å². The number of halogens is 2. The number of aromatic carboxylic acids is 1. The van der Waals surface area contributed by atoms with E-state index in [1.807, 2.05) is 13.0 Å². The topological polar surface area (TPSA) is 64.3 Å². The minimum absolute atomic E-state index is 0.0672. The van der Waals surface area contributed by atoms with Crippen molar-refractivity contribution in [1.82, 2.24) is 9.78 Å². The van der Waals surface area contributed by atoms with Gasteiger partial charge in [0.05, 0.1) is 5.02 Å². The average molecular weight is 315 g/mol. The molecule has 0 saturated heterocycles. The Morgan fingerprint density at radius 1 is 1.40 bits per heavy atom. The van der Waals surface area contributed by atoms with Gasteiger partial charge in [0.15, 0.2) is 12.4 Å². The van der Waals surface area contributed by atoms with Gasteiger partial charge in [0.25, 0.3) is 0 Å². The lowest BCUT2D eigenvalue weighted by Crippen LogP contribution is -2.07. The monoisotopic (exact) mass is 314 g/mol. The van der Waals surface area contributed by atoms with Crippen LogP contribution in [0.15, 0.2) is 24.4 Å². The molecule has 2 rings (SSSR count). The number of nitrogens with zero attached hydrogens (tertiary/aromatic N) is 2. The maximum absolute atomic E-state index is 10.8. The summed E-state index contributed by atoms with van der Waals surface area (Å²) < 4.78 is 6.85. The summed E-state index contributed by atoms with van der Waals surface area (Å²) in [5, 5.41) is 13.4. The van der Waals surface area contributed by atoms with E-state index in [4.69, 9.17) is 33.0 Å². The van der Waals surface area contributed by atoms with Gasteiger partial charge in [-0.2, -0.15) is 5.10 Å². The van der Waals surface area contributed by atoms with Gasteiger partial charge in [-0.25, -0.2) is 9.48 Å². The van der Waals surface area contributed by atoms with Crippen LogP contribution in [0.2, 0.25) is 10.0 Å². The average Bonchev–Trinajstić information content (AvgIpc) is 2.79. The Bertz CT molecular complexity index is 641. The molecular formula is C13H12Cl2N2O3. The van der Waals surface area contributed by atoms with Crippen molar-refractivity contribution in [3.05, 3.63) is 45.7 Å². The largest absolute Gasteiger partial charge is 0.476 e. The highest BCUT2D eigenvalue weighted by Crippen LogP contribution is 2.23. The summed E-state index contributed by atoms with van der Waals surface area (Å²) in [4.78, 5) is 10.8. The molecule has 0 bridgehead atoms. The van der Waals surface area contributed by atoms with Crippen molar-refractivity contribution in [2.24, 2.45) is 0 Å². The number of aromatic nitrogens is 2. The minimum Gasteiger partial charge on any atom is -0.476 e. The molecule has 0 aliphatic carbocycles. The molecular weight excluding hydrogens is 303 g/mol. The Balaban J connectivity index is 2.09. The number of hydrogen-bond donors (Lipinski definition) is 1. The smallest absolute Gasteiger partial charge is 0.357 e. The maximum atomic E-state index is 10.8. The van der Waals surface area contributed by atoms with Crippen LogP contribution in [-0.4, -0.2) is 20.9 Å². The van der Waals surface area contributed by atoms with Gasteiger partial charge in [0.1, 0.15) is 5.75 Å². The third kappa shape index (κ3) is 3.23. The molecule has 1 N–H and O–H groups in total. The van der Waals surface area contributed by atoms with Crippen LogP contribution in [0.1, 0.15) is 23.0 Å². The summed E-state index contributed by atoms with van der Waals surface area (Å²) in [6.45, 7) is 2.06. The number of hydrogen-bond acceptors (Lipinski definition) is 3. The lowest BCUT2D eigenvalue weighted by Gasteiger charge is -2.08. The molecule has 0 spiro atoms. The Kier molecular flexibility index (Phi) is 4.52. The highest BCUT2D eigenvalue weighted by atomic mass is 35.5. The van der Waals surface area contributed by atoms with Crippen molar-refractivity contribution in [2.75, 3.05) is 0 Å². The number of rotatable bonds is 5. The zero-order chi connectivity index (χ0) is 14.7. The summed E-state index contributed by atoms with van der Waals surface area (Å²) in [5.41, 5.74) is 0.787. The molecule has 1 aromatic heterocycles. The van der Waals surface area contributed by atoms with E-state index < -0.39 is 5.97 Å². The van der Waals surface area contributed by atoms with E-state index in [2.05, 4.69) is 5.10 Å². The summed E-state index contributed by atoms with van der Waals surface area (Å²) >= 11 is 11.8. The first kappa shape index (κ1) is 14.7. The van der Waals surface area contributed by atoms with E-state index in [0.717, 1.165) is 12.0 Å². The maximum Gasteiger partial charge on any atom is 0.357 e. The summed E-state index contributed by atoms with van der Waals surface area (Å²) in [6.07, 6.45) is 2.20. The van der Waals surface area contributed by atoms with Crippen molar-refractivity contribution in [1.29, 1.82) is 0 Å². The van der Waals surface area contributed by atoms with Crippen molar-refractivity contribution >= 4 is 29.2 Å².